The summed E-state index contributed by atoms with van der Waals surface area (Å²) in [5, 5.41) is 17.7. The maximum Gasteiger partial charge on any atom is 0.311 e. The molecule has 2 heterocycles. The van der Waals surface area contributed by atoms with Gasteiger partial charge >= 0.3 is 5.69 Å². The molecule has 8 heteroatoms. The Morgan fingerprint density at radius 2 is 2.32 bits per heavy atom. The van der Waals surface area contributed by atoms with E-state index in [2.05, 4.69) is 15.4 Å². The van der Waals surface area contributed by atoms with Crippen LogP contribution in [-0.2, 0) is 13.5 Å². The lowest BCUT2D eigenvalue weighted by Crippen LogP contribution is -2.07. The van der Waals surface area contributed by atoms with Crippen LogP contribution in [0.2, 0.25) is 0 Å². The number of aromatic nitrogens is 3. The number of anilines is 2. The molecule has 0 aromatic carbocycles. The maximum absolute atomic E-state index is 10.6. The zero-order chi connectivity index (χ0) is 13.8. The molecule has 0 atom stereocenters. The van der Waals surface area contributed by atoms with Crippen molar-refractivity contribution >= 4 is 17.3 Å². The summed E-state index contributed by atoms with van der Waals surface area (Å²) < 4.78 is 1.73. The summed E-state index contributed by atoms with van der Waals surface area (Å²) in [4.78, 5) is 14.0. The Bertz CT molecular complexity index is 595. The number of aryl methyl sites for hydroxylation is 1. The van der Waals surface area contributed by atoms with Crippen LogP contribution in [0.4, 0.5) is 17.3 Å². The van der Waals surface area contributed by atoms with Gasteiger partial charge in [-0.05, 0) is 18.1 Å². The van der Waals surface area contributed by atoms with Crippen LogP contribution in [0.15, 0.2) is 24.5 Å². The number of pyridine rings is 1. The molecule has 0 saturated heterocycles. The molecule has 2 aromatic rings. The third-order valence-corrected chi connectivity index (χ3v) is 2.58. The molecule has 0 aliphatic rings. The summed E-state index contributed by atoms with van der Waals surface area (Å²) in [5.41, 5.74) is 6.42. The Balaban J connectivity index is 1.93. The van der Waals surface area contributed by atoms with Crippen molar-refractivity contribution in [3.63, 3.8) is 0 Å². The van der Waals surface area contributed by atoms with E-state index in [0.29, 0.717) is 12.4 Å². The van der Waals surface area contributed by atoms with Gasteiger partial charge in [-0.3, -0.25) is 14.8 Å². The highest BCUT2D eigenvalue weighted by atomic mass is 16.6. The summed E-state index contributed by atoms with van der Waals surface area (Å²) in [6, 6.07) is 2.88. The third-order valence-electron chi connectivity index (χ3n) is 2.58. The molecule has 0 unspecified atom stereocenters. The van der Waals surface area contributed by atoms with Gasteiger partial charge in [0.15, 0.2) is 0 Å². The molecule has 0 aliphatic carbocycles. The van der Waals surface area contributed by atoms with E-state index in [4.69, 9.17) is 5.73 Å². The molecule has 0 fully saturated rings. The summed E-state index contributed by atoms with van der Waals surface area (Å²) in [7, 11) is 1.86. The minimum atomic E-state index is -0.554. The van der Waals surface area contributed by atoms with Crippen LogP contribution < -0.4 is 11.1 Å². The lowest BCUT2D eigenvalue weighted by molar-refractivity contribution is -0.384. The van der Waals surface area contributed by atoms with Crippen molar-refractivity contribution in [3.05, 3.63) is 40.2 Å². The van der Waals surface area contributed by atoms with E-state index < -0.39 is 4.92 Å². The van der Waals surface area contributed by atoms with E-state index >= 15 is 0 Å². The number of nitrogens with zero attached hydrogens (tertiary/aromatic N) is 4. The molecule has 19 heavy (non-hydrogen) atoms. The molecule has 0 aliphatic heterocycles. The van der Waals surface area contributed by atoms with Crippen molar-refractivity contribution in [3.8, 4) is 0 Å². The minimum Gasteiger partial charge on any atom is -0.378 e. The minimum absolute atomic E-state index is 0.0867. The molecule has 0 saturated carbocycles. The van der Waals surface area contributed by atoms with E-state index in [1.807, 2.05) is 13.2 Å². The van der Waals surface area contributed by atoms with Crippen LogP contribution in [0.25, 0.3) is 0 Å². The second kappa shape index (κ2) is 5.34. The van der Waals surface area contributed by atoms with Crippen molar-refractivity contribution in [2.24, 2.45) is 7.05 Å². The largest absolute Gasteiger partial charge is 0.378 e. The molecular weight excluding hydrogens is 248 g/mol. The van der Waals surface area contributed by atoms with Gasteiger partial charge in [0, 0.05) is 25.9 Å². The molecule has 0 spiro atoms. The molecule has 2 rings (SSSR count). The van der Waals surface area contributed by atoms with Crippen molar-refractivity contribution in [2.45, 2.75) is 6.42 Å². The molecule has 2 aromatic heterocycles. The monoisotopic (exact) mass is 262 g/mol. The fraction of sp³-hybridized carbons (Fsp3) is 0.273. The first kappa shape index (κ1) is 12.8. The standard InChI is InChI=1S/C11H14N6O2/c1-16-7-8(6-14-16)4-5-13-10-3-2-9(17(18)19)11(12)15-10/h2-3,6-7H,4-5H2,1H3,(H3,12,13,15). The Kier molecular flexibility index (Phi) is 3.60. The van der Waals surface area contributed by atoms with Crippen molar-refractivity contribution in [1.29, 1.82) is 0 Å². The predicted molar refractivity (Wildman–Crippen MR) is 70.7 cm³/mol. The number of nitrogens with one attached hydrogen (secondary N) is 1. The zero-order valence-electron chi connectivity index (χ0n) is 10.4. The summed E-state index contributed by atoms with van der Waals surface area (Å²) >= 11 is 0. The van der Waals surface area contributed by atoms with Gasteiger partial charge in [0.1, 0.15) is 5.82 Å². The van der Waals surface area contributed by atoms with E-state index in [-0.39, 0.29) is 11.5 Å². The Hall–Kier alpha value is -2.64. The number of nitrogens with two attached hydrogens (primary N) is 1. The number of hydrogen-bond donors (Lipinski definition) is 2. The lowest BCUT2D eigenvalue weighted by atomic mass is 10.2. The van der Waals surface area contributed by atoms with Crippen LogP contribution in [0.1, 0.15) is 5.56 Å². The predicted octanol–water partition coefficient (Wildman–Crippen LogP) is 0.960. The van der Waals surface area contributed by atoms with Crippen LogP contribution in [0.5, 0.6) is 0 Å². The smallest absolute Gasteiger partial charge is 0.311 e. The molecule has 3 N–H and O–H groups in total. The normalized spacial score (nSPS) is 10.4. The number of hydrogen-bond acceptors (Lipinski definition) is 6. The van der Waals surface area contributed by atoms with Crippen molar-refractivity contribution < 1.29 is 4.92 Å². The Labute approximate surface area is 109 Å². The van der Waals surface area contributed by atoms with Gasteiger partial charge in [0.2, 0.25) is 5.82 Å². The first-order valence-corrected chi connectivity index (χ1v) is 5.68. The Morgan fingerprint density at radius 3 is 2.89 bits per heavy atom. The molecule has 0 bridgehead atoms. The summed E-state index contributed by atoms with van der Waals surface area (Å²) in [5.74, 6) is 0.434. The van der Waals surface area contributed by atoms with Crippen molar-refractivity contribution in [2.75, 3.05) is 17.6 Å². The van der Waals surface area contributed by atoms with E-state index in [1.165, 1.54) is 12.1 Å². The lowest BCUT2D eigenvalue weighted by Gasteiger charge is -2.05. The fourth-order valence-electron chi connectivity index (χ4n) is 1.66. The van der Waals surface area contributed by atoms with Gasteiger partial charge in [-0.2, -0.15) is 5.10 Å². The molecule has 0 amide bonds. The number of nitrogen functional groups attached to an aromatic ring is 1. The second-order valence-corrected chi connectivity index (χ2v) is 4.06. The quantitative estimate of drug-likeness (QED) is 0.613. The van der Waals surface area contributed by atoms with E-state index in [9.17, 15) is 10.1 Å². The number of rotatable bonds is 5. The highest BCUT2D eigenvalue weighted by molar-refractivity contribution is 5.57. The maximum atomic E-state index is 10.6. The van der Waals surface area contributed by atoms with Crippen LogP contribution in [-0.4, -0.2) is 26.2 Å². The zero-order valence-corrected chi connectivity index (χ0v) is 10.4. The average molecular weight is 262 g/mol. The van der Waals surface area contributed by atoms with Crippen LogP contribution in [0, 0.1) is 10.1 Å². The fourth-order valence-corrected chi connectivity index (χ4v) is 1.66. The molecule has 0 radical (unpaired) electrons. The highest BCUT2D eigenvalue weighted by Crippen LogP contribution is 2.20. The average Bonchev–Trinajstić information content (AvgIpc) is 2.75. The molecular formula is C11H14N6O2. The van der Waals surface area contributed by atoms with E-state index in [1.54, 1.807) is 10.9 Å². The van der Waals surface area contributed by atoms with Gasteiger partial charge in [-0.1, -0.05) is 0 Å². The summed E-state index contributed by atoms with van der Waals surface area (Å²) in [6.45, 7) is 0.649. The van der Waals surface area contributed by atoms with Crippen LogP contribution >= 0.6 is 0 Å². The topological polar surface area (TPSA) is 112 Å². The van der Waals surface area contributed by atoms with E-state index in [0.717, 1.165) is 12.0 Å². The van der Waals surface area contributed by atoms with Gasteiger partial charge < -0.3 is 11.1 Å². The molecule has 8 nitrogen and oxygen atoms in total. The molecule has 100 valence electrons. The number of nitro groups is 1. The Morgan fingerprint density at radius 1 is 1.53 bits per heavy atom. The SMILES string of the molecule is Cn1cc(CCNc2ccc([N+](=O)[O-])c(N)n2)cn1. The summed E-state index contributed by atoms with van der Waals surface area (Å²) in [6.07, 6.45) is 4.50. The van der Waals surface area contributed by atoms with Gasteiger partial charge in [-0.25, -0.2) is 4.98 Å². The van der Waals surface area contributed by atoms with Crippen LogP contribution in [0.3, 0.4) is 0 Å². The highest BCUT2D eigenvalue weighted by Gasteiger charge is 2.12. The first-order chi connectivity index (χ1) is 9.06. The third kappa shape index (κ3) is 3.18. The van der Waals surface area contributed by atoms with Gasteiger partial charge in [0.05, 0.1) is 11.1 Å². The van der Waals surface area contributed by atoms with Gasteiger partial charge in [-0.15, -0.1) is 0 Å². The van der Waals surface area contributed by atoms with Crippen molar-refractivity contribution in [1.82, 2.24) is 14.8 Å². The van der Waals surface area contributed by atoms with Gasteiger partial charge in [0.25, 0.3) is 0 Å². The first-order valence-electron chi connectivity index (χ1n) is 5.68. The second-order valence-electron chi connectivity index (χ2n) is 4.06.